The van der Waals surface area contributed by atoms with Crippen LogP contribution in [0.2, 0.25) is 0 Å². The van der Waals surface area contributed by atoms with E-state index in [-0.39, 0.29) is 17.9 Å². The highest BCUT2D eigenvalue weighted by molar-refractivity contribution is 5.77. The van der Waals surface area contributed by atoms with Crippen LogP contribution in [0.4, 0.5) is 8.78 Å². The fourth-order valence-electron chi connectivity index (χ4n) is 0.824. The van der Waals surface area contributed by atoms with Crippen molar-refractivity contribution in [1.29, 1.82) is 0 Å². The van der Waals surface area contributed by atoms with E-state index in [1.54, 1.807) is 0 Å². The van der Waals surface area contributed by atoms with E-state index in [0.717, 1.165) is 6.20 Å². The van der Waals surface area contributed by atoms with Crippen LogP contribution in [-0.4, -0.2) is 15.8 Å². The highest BCUT2D eigenvalue weighted by Crippen LogP contribution is 2.14. The van der Waals surface area contributed by atoms with Crippen molar-refractivity contribution in [2.75, 3.05) is 0 Å². The molecule has 0 aromatic carbocycles. The summed E-state index contributed by atoms with van der Waals surface area (Å²) in [7, 11) is 0. The summed E-state index contributed by atoms with van der Waals surface area (Å²) in [6, 6.07) is 0. The summed E-state index contributed by atoms with van der Waals surface area (Å²) >= 11 is 0. The molecule has 0 amide bonds. The monoisotopic (exact) mass is 186 g/mol. The van der Waals surface area contributed by atoms with E-state index < -0.39 is 6.43 Å². The van der Waals surface area contributed by atoms with Gasteiger partial charge in [-0.2, -0.15) is 0 Å². The van der Waals surface area contributed by atoms with E-state index in [0.29, 0.717) is 5.69 Å². The van der Waals surface area contributed by atoms with Gasteiger partial charge in [-0.25, -0.2) is 8.78 Å². The molecule has 0 radical (unpaired) electrons. The Morgan fingerprint density at radius 1 is 1.46 bits per heavy atom. The smallest absolute Gasteiger partial charge is 0.281 e. The van der Waals surface area contributed by atoms with Crippen LogP contribution in [-0.2, 0) is 11.2 Å². The van der Waals surface area contributed by atoms with Crippen LogP contribution in [0.25, 0.3) is 0 Å². The van der Waals surface area contributed by atoms with E-state index in [9.17, 15) is 13.6 Å². The molecule has 70 valence electrons. The van der Waals surface area contributed by atoms with Crippen LogP contribution in [0.3, 0.4) is 0 Å². The molecule has 1 rings (SSSR count). The van der Waals surface area contributed by atoms with Gasteiger partial charge in [0, 0.05) is 12.6 Å². The second-order valence-corrected chi connectivity index (χ2v) is 2.61. The van der Waals surface area contributed by atoms with Crippen LogP contribution in [0.15, 0.2) is 12.4 Å². The highest BCUT2D eigenvalue weighted by atomic mass is 19.3. The fourth-order valence-corrected chi connectivity index (χ4v) is 0.824. The fraction of sp³-hybridized carbons (Fsp3) is 0.375. The Morgan fingerprint density at radius 2 is 2.15 bits per heavy atom. The molecule has 0 atom stereocenters. The molecular weight excluding hydrogens is 178 g/mol. The average molecular weight is 186 g/mol. The molecule has 0 N–H and O–H groups in total. The first-order valence-corrected chi connectivity index (χ1v) is 3.68. The minimum absolute atomic E-state index is 0.0703. The molecule has 0 unspecified atom stereocenters. The van der Waals surface area contributed by atoms with Crippen molar-refractivity contribution in [2.24, 2.45) is 0 Å². The van der Waals surface area contributed by atoms with Gasteiger partial charge in [0.25, 0.3) is 6.43 Å². The van der Waals surface area contributed by atoms with E-state index >= 15 is 0 Å². The summed E-state index contributed by atoms with van der Waals surface area (Å²) in [6.45, 7) is 1.41. The van der Waals surface area contributed by atoms with E-state index in [4.69, 9.17) is 0 Å². The van der Waals surface area contributed by atoms with Crippen LogP contribution >= 0.6 is 0 Å². The number of hydrogen-bond acceptors (Lipinski definition) is 3. The molecule has 1 aromatic heterocycles. The zero-order chi connectivity index (χ0) is 9.84. The van der Waals surface area contributed by atoms with Gasteiger partial charge in [-0.1, -0.05) is 0 Å². The van der Waals surface area contributed by atoms with Crippen LogP contribution in [0.5, 0.6) is 0 Å². The topological polar surface area (TPSA) is 42.9 Å². The summed E-state index contributed by atoms with van der Waals surface area (Å²) in [4.78, 5) is 17.8. The molecule has 1 aromatic rings. The second-order valence-electron chi connectivity index (χ2n) is 2.61. The molecule has 0 spiro atoms. The van der Waals surface area contributed by atoms with Gasteiger partial charge in [0.15, 0.2) is 0 Å². The number of alkyl halides is 2. The number of ketones is 1. The van der Waals surface area contributed by atoms with E-state index in [1.165, 1.54) is 13.1 Å². The highest BCUT2D eigenvalue weighted by Gasteiger charge is 2.08. The minimum atomic E-state index is -2.61. The Labute approximate surface area is 73.8 Å². The van der Waals surface area contributed by atoms with Crippen LogP contribution in [0, 0.1) is 0 Å². The number of hydrogen-bond donors (Lipinski definition) is 0. The first-order chi connectivity index (χ1) is 6.09. The Bertz CT molecular complexity index is 298. The molecule has 0 fully saturated rings. The van der Waals surface area contributed by atoms with Gasteiger partial charge >= 0.3 is 0 Å². The standard InChI is InChI=1S/C8H8F2N2O/c1-5(13)2-6-3-12-7(4-11-6)8(9)10/h3-4,8H,2H2,1H3. The lowest BCUT2D eigenvalue weighted by Gasteiger charge is -1.99. The summed E-state index contributed by atoms with van der Waals surface area (Å²) < 4.78 is 24.0. The molecule has 0 aliphatic carbocycles. The van der Waals surface area contributed by atoms with Crippen molar-refractivity contribution < 1.29 is 13.6 Å². The maximum atomic E-state index is 12.0. The second kappa shape index (κ2) is 4.02. The first kappa shape index (κ1) is 9.70. The van der Waals surface area contributed by atoms with Crippen molar-refractivity contribution in [3.05, 3.63) is 23.8 Å². The normalized spacial score (nSPS) is 10.5. The quantitative estimate of drug-likeness (QED) is 0.719. The summed E-state index contributed by atoms with van der Waals surface area (Å²) in [5, 5.41) is 0. The molecule has 0 saturated carbocycles. The van der Waals surface area contributed by atoms with Crippen LogP contribution < -0.4 is 0 Å². The Kier molecular flexibility index (Phi) is 3.00. The van der Waals surface area contributed by atoms with Gasteiger partial charge in [0.05, 0.1) is 11.9 Å². The van der Waals surface area contributed by atoms with Crippen molar-refractivity contribution >= 4 is 5.78 Å². The third-order valence-corrected chi connectivity index (χ3v) is 1.38. The predicted octanol–water partition coefficient (Wildman–Crippen LogP) is 1.55. The molecule has 0 aliphatic heterocycles. The zero-order valence-electron chi connectivity index (χ0n) is 7.00. The number of carbonyl (C=O) groups is 1. The number of aromatic nitrogens is 2. The zero-order valence-corrected chi connectivity index (χ0v) is 7.00. The van der Waals surface area contributed by atoms with Crippen molar-refractivity contribution in [3.8, 4) is 0 Å². The van der Waals surface area contributed by atoms with Crippen molar-refractivity contribution in [1.82, 2.24) is 9.97 Å². The predicted molar refractivity (Wildman–Crippen MR) is 41.4 cm³/mol. The van der Waals surface area contributed by atoms with Gasteiger partial charge in [0.1, 0.15) is 11.5 Å². The molecule has 0 bridgehead atoms. The maximum absolute atomic E-state index is 12.0. The van der Waals surface area contributed by atoms with Gasteiger partial charge in [-0.15, -0.1) is 0 Å². The lowest BCUT2D eigenvalue weighted by atomic mass is 10.2. The number of carbonyl (C=O) groups excluding carboxylic acids is 1. The Morgan fingerprint density at radius 3 is 2.54 bits per heavy atom. The summed E-state index contributed by atoms with van der Waals surface area (Å²) in [5.41, 5.74) is 0.0456. The SMILES string of the molecule is CC(=O)Cc1cnc(C(F)F)cn1. The lowest BCUT2D eigenvalue weighted by molar-refractivity contribution is -0.116. The molecule has 0 aliphatic rings. The van der Waals surface area contributed by atoms with Crippen LogP contribution in [0.1, 0.15) is 24.7 Å². The molecule has 0 saturated heterocycles. The first-order valence-electron chi connectivity index (χ1n) is 3.68. The number of nitrogens with zero attached hydrogens (tertiary/aromatic N) is 2. The number of Topliss-reactive ketones (excluding diaryl/α,β-unsaturated/α-hetero) is 1. The summed E-state index contributed by atoms with van der Waals surface area (Å²) in [5.74, 6) is -0.0703. The lowest BCUT2D eigenvalue weighted by Crippen LogP contribution is -2.01. The molecule has 3 nitrogen and oxygen atoms in total. The molecule has 1 heterocycles. The van der Waals surface area contributed by atoms with E-state index in [2.05, 4.69) is 9.97 Å². The number of halogens is 2. The van der Waals surface area contributed by atoms with E-state index in [1.807, 2.05) is 0 Å². The van der Waals surface area contributed by atoms with Gasteiger partial charge in [-0.05, 0) is 6.92 Å². The Hall–Kier alpha value is -1.39. The Balaban J connectivity index is 2.75. The molecule has 13 heavy (non-hydrogen) atoms. The van der Waals surface area contributed by atoms with Crippen molar-refractivity contribution in [2.45, 2.75) is 19.8 Å². The van der Waals surface area contributed by atoms with Gasteiger partial charge in [-0.3, -0.25) is 14.8 Å². The summed E-state index contributed by atoms with van der Waals surface area (Å²) in [6.07, 6.45) is -0.290. The average Bonchev–Trinajstić information content (AvgIpc) is 2.04. The van der Waals surface area contributed by atoms with Gasteiger partial charge in [0.2, 0.25) is 0 Å². The van der Waals surface area contributed by atoms with Crippen molar-refractivity contribution in [3.63, 3.8) is 0 Å². The largest absolute Gasteiger partial charge is 0.300 e. The third-order valence-electron chi connectivity index (χ3n) is 1.38. The third kappa shape index (κ3) is 2.85. The minimum Gasteiger partial charge on any atom is -0.300 e. The number of rotatable bonds is 3. The maximum Gasteiger partial charge on any atom is 0.281 e. The van der Waals surface area contributed by atoms with Gasteiger partial charge < -0.3 is 0 Å². The molecular formula is C8H8F2N2O. The molecule has 5 heteroatoms.